The van der Waals surface area contributed by atoms with Crippen LogP contribution >= 0.6 is 27.5 Å². The number of hydrogen-bond donors (Lipinski definition) is 1. The smallest absolute Gasteiger partial charge is 0.272 e. The molecule has 0 spiro atoms. The molecule has 4 nitrogen and oxygen atoms in total. The average molecular weight is 431 g/mol. The first-order valence-electron chi connectivity index (χ1n) is 7.95. The number of rotatable bonds is 4. The molecular formula is C20H17BrClN3O. The van der Waals surface area contributed by atoms with Gasteiger partial charge in [-0.3, -0.25) is 4.79 Å². The zero-order chi connectivity index (χ0) is 18.7. The van der Waals surface area contributed by atoms with Gasteiger partial charge in [0.25, 0.3) is 5.91 Å². The van der Waals surface area contributed by atoms with Crippen LogP contribution in [-0.2, 0) is 0 Å². The van der Waals surface area contributed by atoms with Crippen LogP contribution < -0.4 is 10.3 Å². The highest BCUT2D eigenvalue weighted by molar-refractivity contribution is 9.10. The standard InChI is InChI=1S/C20H17BrClN3O/c1-25(2)19-10-7-13(15-5-3-4-6-16(15)19)12-23-24-20(26)17-11-14(21)8-9-18(17)22/h3-12H,1-2H3,(H,24,26)/b23-12+. The highest BCUT2D eigenvalue weighted by Crippen LogP contribution is 2.27. The molecule has 1 amide bonds. The number of nitrogens with one attached hydrogen (secondary N) is 1. The first kappa shape index (κ1) is 18.4. The Morgan fingerprint density at radius 1 is 1.12 bits per heavy atom. The molecule has 0 aliphatic rings. The lowest BCUT2D eigenvalue weighted by Gasteiger charge is -2.16. The van der Waals surface area contributed by atoms with Crippen LogP contribution in [0.3, 0.4) is 0 Å². The van der Waals surface area contributed by atoms with Crippen LogP contribution in [0, 0.1) is 0 Å². The van der Waals surface area contributed by atoms with E-state index in [1.165, 1.54) is 0 Å². The molecule has 3 aromatic rings. The first-order chi connectivity index (χ1) is 12.5. The van der Waals surface area contributed by atoms with Gasteiger partial charge in [0.2, 0.25) is 0 Å². The lowest BCUT2D eigenvalue weighted by atomic mass is 10.0. The van der Waals surface area contributed by atoms with Gasteiger partial charge >= 0.3 is 0 Å². The van der Waals surface area contributed by atoms with E-state index in [9.17, 15) is 4.79 Å². The highest BCUT2D eigenvalue weighted by atomic mass is 79.9. The Hall–Kier alpha value is -2.37. The van der Waals surface area contributed by atoms with Gasteiger partial charge in [-0.1, -0.05) is 57.9 Å². The summed E-state index contributed by atoms with van der Waals surface area (Å²) in [6.07, 6.45) is 1.64. The summed E-state index contributed by atoms with van der Waals surface area (Å²) in [5, 5.41) is 6.67. The second-order valence-electron chi connectivity index (χ2n) is 5.94. The quantitative estimate of drug-likeness (QED) is 0.463. The summed E-state index contributed by atoms with van der Waals surface area (Å²) in [7, 11) is 4.02. The van der Waals surface area contributed by atoms with E-state index in [-0.39, 0.29) is 5.91 Å². The van der Waals surface area contributed by atoms with Crippen molar-refractivity contribution in [2.45, 2.75) is 0 Å². The third kappa shape index (κ3) is 3.89. The molecule has 0 saturated heterocycles. The molecule has 6 heteroatoms. The number of hydrogen-bond acceptors (Lipinski definition) is 3. The fourth-order valence-corrected chi connectivity index (χ4v) is 3.27. The maximum Gasteiger partial charge on any atom is 0.272 e. The summed E-state index contributed by atoms with van der Waals surface area (Å²) in [6, 6.07) is 17.2. The Morgan fingerprint density at radius 2 is 1.85 bits per heavy atom. The maximum absolute atomic E-state index is 12.3. The van der Waals surface area contributed by atoms with E-state index < -0.39 is 0 Å². The topological polar surface area (TPSA) is 44.7 Å². The number of benzene rings is 3. The van der Waals surface area contributed by atoms with Crippen LogP contribution in [0.15, 0.2) is 64.2 Å². The van der Waals surface area contributed by atoms with Crippen molar-refractivity contribution in [2.75, 3.05) is 19.0 Å². The molecule has 0 fully saturated rings. The minimum absolute atomic E-state index is 0.359. The van der Waals surface area contributed by atoms with Crippen molar-refractivity contribution < 1.29 is 4.79 Å². The Balaban J connectivity index is 1.86. The second-order valence-corrected chi connectivity index (χ2v) is 7.26. The molecule has 0 aliphatic carbocycles. The van der Waals surface area contributed by atoms with Crippen LogP contribution in [0.1, 0.15) is 15.9 Å². The lowest BCUT2D eigenvalue weighted by molar-refractivity contribution is 0.0955. The molecule has 132 valence electrons. The molecule has 0 aromatic heterocycles. The Kier molecular flexibility index (Phi) is 5.59. The summed E-state index contributed by atoms with van der Waals surface area (Å²) >= 11 is 9.41. The third-order valence-electron chi connectivity index (χ3n) is 3.96. The SMILES string of the molecule is CN(C)c1ccc(/C=N/NC(=O)c2cc(Br)ccc2Cl)c2ccccc12. The van der Waals surface area contributed by atoms with Crippen molar-refractivity contribution in [1.82, 2.24) is 5.43 Å². The fraction of sp³-hybridized carbons (Fsp3) is 0.100. The normalized spacial score (nSPS) is 11.1. The zero-order valence-corrected chi connectivity index (χ0v) is 16.7. The number of amides is 1. The average Bonchev–Trinajstić information content (AvgIpc) is 2.63. The second kappa shape index (κ2) is 7.89. The monoisotopic (exact) mass is 429 g/mol. The van der Waals surface area contributed by atoms with Crippen molar-refractivity contribution in [3.63, 3.8) is 0 Å². The molecule has 0 radical (unpaired) electrons. The molecule has 1 N–H and O–H groups in total. The van der Waals surface area contributed by atoms with Gasteiger partial charge in [0, 0.05) is 35.2 Å². The predicted molar refractivity (Wildman–Crippen MR) is 112 cm³/mol. The Morgan fingerprint density at radius 3 is 2.58 bits per heavy atom. The van der Waals surface area contributed by atoms with Gasteiger partial charge in [-0.05, 0) is 29.7 Å². The summed E-state index contributed by atoms with van der Waals surface area (Å²) < 4.78 is 0.779. The number of hydrazone groups is 1. The van der Waals surface area contributed by atoms with Gasteiger partial charge in [-0.15, -0.1) is 0 Å². The van der Waals surface area contributed by atoms with Crippen molar-refractivity contribution >= 4 is 56.1 Å². The predicted octanol–water partition coefficient (Wildman–Crippen LogP) is 5.09. The van der Waals surface area contributed by atoms with Crippen LogP contribution in [0.4, 0.5) is 5.69 Å². The summed E-state index contributed by atoms with van der Waals surface area (Å²) in [5.41, 5.74) is 4.95. The van der Waals surface area contributed by atoms with Gasteiger partial charge in [-0.25, -0.2) is 5.43 Å². The van der Waals surface area contributed by atoms with Crippen LogP contribution in [-0.4, -0.2) is 26.2 Å². The first-order valence-corrected chi connectivity index (χ1v) is 9.12. The molecule has 0 saturated carbocycles. The number of carbonyl (C=O) groups is 1. The number of anilines is 1. The number of nitrogens with zero attached hydrogens (tertiary/aromatic N) is 2. The van der Waals surface area contributed by atoms with E-state index in [1.807, 2.05) is 44.4 Å². The van der Waals surface area contributed by atoms with Gasteiger partial charge < -0.3 is 4.90 Å². The fourth-order valence-electron chi connectivity index (χ4n) is 2.70. The number of fused-ring (bicyclic) bond motifs is 1. The lowest BCUT2D eigenvalue weighted by Crippen LogP contribution is -2.18. The largest absolute Gasteiger partial charge is 0.377 e. The highest BCUT2D eigenvalue weighted by Gasteiger charge is 2.10. The molecule has 0 heterocycles. The molecule has 0 atom stereocenters. The molecule has 3 aromatic carbocycles. The minimum atomic E-state index is -0.359. The molecule has 26 heavy (non-hydrogen) atoms. The maximum atomic E-state index is 12.3. The van der Waals surface area contributed by atoms with E-state index in [4.69, 9.17) is 11.6 Å². The van der Waals surface area contributed by atoms with E-state index >= 15 is 0 Å². The summed E-state index contributed by atoms with van der Waals surface area (Å²) in [4.78, 5) is 14.3. The number of halogens is 2. The summed E-state index contributed by atoms with van der Waals surface area (Å²) in [5.74, 6) is -0.359. The molecule has 0 unspecified atom stereocenters. The third-order valence-corrected chi connectivity index (χ3v) is 4.78. The summed E-state index contributed by atoms with van der Waals surface area (Å²) in [6.45, 7) is 0. The van der Waals surface area contributed by atoms with Crippen molar-refractivity contribution in [2.24, 2.45) is 5.10 Å². The van der Waals surface area contributed by atoms with Gasteiger partial charge in [-0.2, -0.15) is 5.10 Å². The number of carbonyl (C=O) groups excluding carboxylic acids is 1. The van der Waals surface area contributed by atoms with Gasteiger partial charge in [0.05, 0.1) is 16.8 Å². The van der Waals surface area contributed by atoms with E-state index in [1.54, 1.807) is 24.4 Å². The minimum Gasteiger partial charge on any atom is -0.377 e. The molecular weight excluding hydrogens is 414 g/mol. The molecule has 0 bridgehead atoms. The molecule has 0 aliphatic heterocycles. The van der Waals surface area contributed by atoms with E-state index in [0.717, 1.165) is 26.5 Å². The van der Waals surface area contributed by atoms with E-state index in [0.29, 0.717) is 10.6 Å². The van der Waals surface area contributed by atoms with Crippen LogP contribution in [0.2, 0.25) is 5.02 Å². The Labute approximate surface area is 165 Å². The van der Waals surface area contributed by atoms with Crippen LogP contribution in [0.25, 0.3) is 10.8 Å². The van der Waals surface area contributed by atoms with Gasteiger partial charge in [0.15, 0.2) is 0 Å². The van der Waals surface area contributed by atoms with Crippen LogP contribution in [0.5, 0.6) is 0 Å². The van der Waals surface area contributed by atoms with Gasteiger partial charge in [0.1, 0.15) is 0 Å². The van der Waals surface area contributed by atoms with Crippen molar-refractivity contribution in [1.29, 1.82) is 0 Å². The van der Waals surface area contributed by atoms with Crippen molar-refractivity contribution in [3.05, 3.63) is 75.2 Å². The Bertz CT molecular complexity index is 1000. The van der Waals surface area contributed by atoms with E-state index in [2.05, 4.69) is 37.4 Å². The molecule has 3 rings (SSSR count). The zero-order valence-electron chi connectivity index (χ0n) is 14.3. The van der Waals surface area contributed by atoms with Crippen molar-refractivity contribution in [3.8, 4) is 0 Å².